The Hall–Kier alpha value is -1.26. The smallest absolute Gasteiger partial charge is 0.307 e. The van der Waals surface area contributed by atoms with Crippen molar-refractivity contribution >= 4 is 41.6 Å². The number of carbonyl (C=O) groups excluding carboxylic acids is 1. The van der Waals surface area contributed by atoms with Crippen LogP contribution >= 0.6 is 24.0 Å². The van der Waals surface area contributed by atoms with Crippen LogP contribution in [-0.4, -0.2) is 22.9 Å². The third kappa shape index (κ3) is 5.00. The molecule has 0 unspecified atom stereocenters. The van der Waals surface area contributed by atoms with E-state index >= 15 is 0 Å². The van der Waals surface area contributed by atoms with Gasteiger partial charge in [0, 0.05) is 5.69 Å². The predicted octanol–water partition coefficient (Wildman–Crippen LogP) is 1.91. The van der Waals surface area contributed by atoms with E-state index in [-0.39, 0.29) is 30.6 Å². The Bertz CT molecular complexity index is 365. The minimum Gasteiger partial charge on any atom is -0.481 e. The van der Waals surface area contributed by atoms with Crippen molar-refractivity contribution in [1.82, 2.24) is 0 Å². The number of hydrogen-bond acceptors (Lipinski definition) is 2. The summed E-state index contributed by atoms with van der Waals surface area (Å²) in [5.74, 6) is -1.27. The lowest BCUT2D eigenvalue weighted by molar-refractivity contribution is -0.136. The molecule has 1 rings (SSSR count). The van der Waals surface area contributed by atoms with Gasteiger partial charge in [0.1, 0.15) is 5.88 Å². The van der Waals surface area contributed by atoms with Crippen LogP contribution in [0.25, 0.3) is 0 Å². The van der Waals surface area contributed by atoms with Crippen LogP contribution in [0.4, 0.5) is 5.69 Å². The Morgan fingerprint density at radius 1 is 1.25 bits per heavy atom. The highest BCUT2D eigenvalue weighted by Crippen LogP contribution is 2.10. The SMILES string of the molecule is Cl.O=C(O)Cc1ccc(NC(=O)CCl)cc1. The first-order chi connectivity index (χ1) is 7.11. The molecule has 1 aromatic carbocycles. The number of carboxylic acid groups (broad SMARTS) is 1. The molecule has 0 saturated heterocycles. The van der Waals surface area contributed by atoms with Gasteiger partial charge in [-0.2, -0.15) is 0 Å². The quantitative estimate of drug-likeness (QED) is 0.816. The lowest BCUT2D eigenvalue weighted by atomic mass is 10.1. The number of carbonyl (C=O) groups is 2. The Morgan fingerprint density at radius 2 is 1.81 bits per heavy atom. The molecule has 1 aromatic rings. The van der Waals surface area contributed by atoms with Gasteiger partial charge in [0.05, 0.1) is 6.42 Å². The van der Waals surface area contributed by atoms with Gasteiger partial charge in [0.2, 0.25) is 5.91 Å². The van der Waals surface area contributed by atoms with E-state index in [4.69, 9.17) is 16.7 Å². The maximum atomic E-state index is 10.9. The molecule has 0 aromatic heterocycles. The van der Waals surface area contributed by atoms with E-state index in [1.807, 2.05) is 0 Å². The zero-order valence-corrected chi connectivity index (χ0v) is 9.85. The van der Waals surface area contributed by atoms with E-state index in [9.17, 15) is 9.59 Å². The van der Waals surface area contributed by atoms with Gasteiger partial charge in [0.15, 0.2) is 0 Å². The highest BCUT2D eigenvalue weighted by molar-refractivity contribution is 6.29. The summed E-state index contributed by atoms with van der Waals surface area (Å²) in [5, 5.41) is 11.1. The number of alkyl halides is 1. The summed E-state index contributed by atoms with van der Waals surface area (Å²) in [5.41, 5.74) is 1.29. The van der Waals surface area contributed by atoms with E-state index in [0.29, 0.717) is 11.3 Å². The lowest BCUT2D eigenvalue weighted by Gasteiger charge is -2.03. The number of nitrogens with one attached hydrogen (secondary N) is 1. The van der Waals surface area contributed by atoms with E-state index in [0.717, 1.165) is 0 Å². The van der Waals surface area contributed by atoms with Crippen molar-refractivity contribution in [2.75, 3.05) is 11.2 Å². The Balaban J connectivity index is 0.00000225. The zero-order chi connectivity index (χ0) is 11.3. The fraction of sp³-hybridized carbons (Fsp3) is 0.200. The number of anilines is 1. The minimum absolute atomic E-state index is 0. The van der Waals surface area contributed by atoms with Crippen molar-refractivity contribution in [2.24, 2.45) is 0 Å². The molecular formula is C10H11Cl2NO3. The predicted molar refractivity (Wildman–Crippen MR) is 64.4 cm³/mol. The van der Waals surface area contributed by atoms with E-state index in [1.165, 1.54) is 0 Å². The van der Waals surface area contributed by atoms with E-state index in [2.05, 4.69) is 5.32 Å². The number of amides is 1. The first-order valence-corrected chi connectivity index (χ1v) is 4.82. The second kappa shape index (κ2) is 7.09. The Labute approximate surface area is 104 Å². The second-order valence-corrected chi connectivity index (χ2v) is 3.22. The normalized spacial score (nSPS) is 9.06. The average Bonchev–Trinajstić information content (AvgIpc) is 2.20. The largest absolute Gasteiger partial charge is 0.481 e. The van der Waals surface area contributed by atoms with Gasteiger partial charge in [-0.25, -0.2) is 0 Å². The van der Waals surface area contributed by atoms with Gasteiger partial charge < -0.3 is 10.4 Å². The molecule has 0 aliphatic rings. The number of rotatable bonds is 4. The molecular weight excluding hydrogens is 253 g/mol. The van der Waals surface area contributed by atoms with Crippen LogP contribution < -0.4 is 5.32 Å². The third-order valence-electron chi connectivity index (χ3n) is 1.71. The van der Waals surface area contributed by atoms with Crippen LogP contribution in [0.15, 0.2) is 24.3 Å². The highest BCUT2D eigenvalue weighted by atomic mass is 35.5. The van der Waals surface area contributed by atoms with Gasteiger partial charge in [-0.15, -0.1) is 24.0 Å². The fourth-order valence-corrected chi connectivity index (χ4v) is 1.14. The first kappa shape index (κ1) is 14.7. The van der Waals surface area contributed by atoms with Gasteiger partial charge in [-0.3, -0.25) is 9.59 Å². The van der Waals surface area contributed by atoms with Crippen LogP contribution in [0.3, 0.4) is 0 Å². The molecule has 16 heavy (non-hydrogen) atoms. The molecule has 1 amide bonds. The molecule has 88 valence electrons. The summed E-state index contributed by atoms with van der Waals surface area (Å²) in [6, 6.07) is 6.58. The number of aliphatic carboxylic acids is 1. The van der Waals surface area contributed by atoms with Gasteiger partial charge in [-0.05, 0) is 17.7 Å². The van der Waals surface area contributed by atoms with E-state index < -0.39 is 5.97 Å². The van der Waals surface area contributed by atoms with Crippen LogP contribution in [0.2, 0.25) is 0 Å². The van der Waals surface area contributed by atoms with Crippen molar-refractivity contribution < 1.29 is 14.7 Å². The summed E-state index contributed by atoms with van der Waals surface area (Å²) in [7, 11) is 0. The fourth-order valence-electron chi connectivity index (χ4n) is 1.07. The van der Waals surface area contributed by atoms with Crippen molar-refractivity contribution in [3.05, 3.63) is 29.8 Å². The second-order valence-electron chi connectivity index (χ2n) is 2.95. The van der Waals surface area contributed by atoms with Crippen LogP contribution in [0, 0.1) is 0 Å². The topological polar surface area (TPSA) is 66.4 Å². The molecule has 0 atom stereocenters. The molecule has 4 nitrogen and oxygen atoms in total. The maximum absolute atomic E-state index is 10.9. The van der Waals surface area contributed by atoms with Gasteiger partial charge >= 0.3 is 5.97 Å². The molecule has 0 bridgehead atoms. The number of hydrogen-bond donors (Lipinski definition) is 2. The molecule has 6 heteroatoms. The summed E-state index contributed by atoms with van der Waals surface area (Å²) in [6.07, 6.45) is -0.0241. The molecule has 2 N–H and O–H groups in total. The summed E-state index contributed by atoms with van der Waals surface area (Å²) < 4.78 is 0. The van der Waals surface area contributed by atoms with Crippen LogP contribution in [0.1, 0.15) is 5.56 Å². The van der Waals surface area contributed by atoms with Crippen molar-refractivity contribution in [3.63, 3.8) is 0 Å². The standard InChI is InChI=1S/C10H10ClNO3.ClH/c11-6-9(13)12-8-3-1-7(2-4-8)5-10(14)15;/h1-4H,5-6H2,(H,12,13)(H,14,15);1H. The monoisotopic (exact) mass is 263 g/mol. The van der Waals surface area contributed by atoms with Crippen molar-refractivity contribution in [2.45, 2.75) is 6.42 Å². The summed E-state index contributed by atoms with van der Waals surface area (Å²) in [4.78, 5) is 21.3. The third-order valence-corrected chi connectivity index (χ3v) is 1.96. The van der Waals surface area contributed by atoms with Gasteiger partial charge in [-0.1, -0.05) is 12.1 Å². The Morgan fingerprint density at radius 3 is 2.25 bits per heavy atom. The lowest BCUT2D eigenvalue weighted by Crippen LogP contribution is -2.12. The highest BCUT2D eigenvalue weighted by Gasteiger charge is 2.02. The molecule has 0 fully saturated rings. The molecule has 0 aliphatic heterocycles. The number of benzene rings is 1. The molecule has 0 radical (unpaired) electrons. The maximum Gasteiger partial charge on any atom is 0.307 e. The van der Waals surface area contributed by atoms with Gasteiger partial charge in [0.25, 0.3) is 0 Å². The van der Waals surface area contributed by atoms with Crippen molar-refractivity contribution in [3.8, 4) is 0 Å². The first-order valence-electron chi connectivity index (χ1n) is 4.28. The zero-order valence-electron chi connectivity index (χ0n) is 8.27. The Kier molecular flexibility index (Phi) is 6.53. The van der Waals surface area contributed by atoms with Crippen LogP contribution in [-0.2, 0) is 16.0 Å². The number of carboxylic acids is 1. The number of halogens is 2. The van der Waals surface area contributed by atoms with Crippen molar-refractivity contribution in [1.29, 1.82) is 0 Å². The molecule has 0 spiro atoms. The minimum atomic E-state index is -0.882. The molecule has 0 saturated carbocycles. The average molecular weight is 264 g/mol. The molecule has 0 heterocycles. The summed E-state index contributed by atoms with van der Waals surface area (Å²) in [6.45, 7) is 0. The molecule has 0 aliphatic carbocycles. The van der Waals surface area contributed by atoms with Crippen LogP contribution in [0.5, 0.6) is 0 Å². The van der Waals surface area contributed by atoms with E-state index in [1.54, 1.807) is 24.3 Å². The summed E-state index contributed by atoms with van der Waals surface area (Å²) >= 11 is 5.31.